The van der Waals surface area contributed by atoms with E-state index in [1.807, 2.05) is 0 Å². The number of hydrogen-bond donors (Lipinski definition) is 1. The molecule has 0 radical (unpaired) electrons. The van der Waals surface area contributed by atoms with Gasteiger partial charge in [0.25, 0.3) is 11.5 Å². The first kappa shape index (κ1) is 28.7. The van der Waals surface area contributed by atoms with Gasteiger partial charge in [0, 0.05) is 21.3 Å². The van der Waals surface area contributed by atoms with Gasteiger partial charge in [0.2, 0.25) is 0 Å². The summed E-state index contributed by atoms with van der Waals surface area (Å²) >= 11 is 3.36. The quantitative estimate of drug-likeness (QED) is 0.155. The molecule has 0 spiro atoms. The maximum atomic E-state index is 13.5. The minimum absolute atomic E-state index is 0.0320. The van der Waals surface area contributed by atoms with Crippen molar-refractivity contribution < 1.29 is 27.1 Å². The van der Waals surface area contributed by atoms with Gasteiger partial charge in [0.1, 0.15) is 11.6 Å². The Morgan fingerprint density at radius 3 is 2.57 bits per heavy atom. The van der Waals surface area contributed by atoms with Crippen molar-refractivity contribution in [1.82, 2.24) is 9.66 Å². The lowest BCUT2D eigenvalue weighted by Gasteiger charge is -2.13. The van der Waals surface area contributed by atoms with E-state index in [-0.39, 0.29) is 33.7 Å². The van der Waals surface area contributed by atoms with Crippen molar-refractivity contribution in [3.8, 4) is 17.1 Å². The molecule has 7 nitrogen and oxygen atoms in total. The Balaban J connectivity index is 1.50. The number of fused-ring (bicyclic) bond motifs is 1. The van der Waals surface area contributed by atoms with E-state index in [4.69, 9.17) is 4.74 Å². The first-order valence-electron chi connectivity index (χ1n) is 12.3. The lowest BCUT2D eigenvalue weighted by Crippen LogP contribution is -2.21. The molecule has 0 aliphatic heterocycles. The van der Waals surface area contributed by atoms with Gasteiger partial charge in [-0.3, -0.25) is 9.59 Å². The van der Waals surface area contributed by atoms with E-state index in [0.717, 1.165) is 22.9 Å². The number of aromatic nitrogens is 2. The van der Waals surface area contributed by atoms with Crippen molar-refractivity contribution in [3.63, 3.8) is 0 Å². The van der Waals surface area contributed by atoms with Crippen molar-refractivity contribution in [2.45, 2.75) is 6.18 Å². The van der Waals surface area contributed by atoms with Crippen molar-refractivity contribution >= 4 is 44.6 Å². The molecule has 5 rings (SSSR count). The number of nitrogens with zero attached hydrogens (tertiary/aromatic N) is 3. The molecule has 42 heavy (non-hydrogen) atoms. The largest absolute Gasteiger partial charge is 0.483 e. The van der Waals surface area contributed by atoms with Gasteiger partial charge in [-0.05, 0) is 60.7 Å². The molecule has 0 atom stereocenters. The zero-order chi connectivity index (χ0) is 29.9. The molecule has 4 aromatic carbocycles. The van der Waals surface area contributed by atoms with Gasteiger partial charge in [-0.15, -0.1) is 0 Å². The molecule has 0 fully saturated rings. The minimum Gasteiger partial charge on any atom is -0.483 e. The highest BCUT2D eigenvalue weighted by Gasteiger charge is 2.31. The molecule has 1 N–H and O–H groups in total. The van der Waals surface area contributed by atoms with Gasteiger partial charge >= 0.3 is 6.18 Å². The Kier molecular flexibility index (Phi) is 8.16. The SMILES string of the molecule is O=C(COc1ccc(Br)cc1C=Nn1c(-c2cccc(C(F)(F)F)c2)nc2ccccc2c1=O)Nc1cccc(F)c1. The number of amides is 1. The second-order valence-corrected chi connectivity index (χ2v) is 9.84. The Morgan fingerprint density at radius 1 is 1.00 bits per heavy atom. The van der Waals surface area contributed by atoms with E-state index in [0.29, 0.717) is 10.0 Å². The van der Waals surface area contributed by atoms with Crippen LogP contribution in [-0.2, 0) is 11.0 Å². The fraction of sp³-hybridized carbons (Fsp3) is 0.0667. The van der Waals surface area contributed by atoms with E-state index >= 15 is 0 Å². The molecule has 212 valence electrons. The lowest BCUT2D eigenvalue weighted by atomic mass is 10.1. The average Bonchev–Trinajstić information content (AvgIpc) is 2.96. The summed E-state index contributed by atoms with van der Waals surface area (Å²) in [5, 5.41) is 7.03. The molecule has 1 amide bonds. The van der Waals surface area contributed by atoms with Crippen LogP contribution in [-0.4, -0.2) is 28.4 Å². The minimum atomic E-state index is -4.61. The van der Waals surface area contributed by atoms with E-state index in [2.05, 4.69) is 31.3 Å². The van der Waals surface area contributed by atoms with Gasteiger partial charge in [-0.2, -0.15) is 22.9 Å². The third-order valence-corrected chi connectivity index (χ3v) is 6.45. The van der Waals surface area contributed by atoms with E-state index < -0.39 is 35.6 Å². The monoisotopic (exact) mass is 638 g/mol. The number of carbonyl (C=O) groups excluding carboxylic acids is 1. The van der Waals surface area contributed by atoms with E-state index in [1.165, 1.54) is 42.6 Å². The molecule has 1 aromatic heterocycles. The van der Waals surface area contributed by atoms with Crippen LogP contribution in [0.25, 0.3) is 22.3 Å². The molecule has 1 heterocycles. The van der Waals surface area contributed by atoms with Gasteiger partial charge in [-0.1, -0.05) is 46.3 Å². The molecule has 0 saturated carbocycles. The van der Waals surface area contributed by atoms with Crippen molar-refractivity contribution in [1.29, 1.82) is 0 Å². The molecule has 12 heteroatoms. The highest BCUT2D eigenvalue weighted by Crippen LogP contribution is 2.32. The van der Waals surface area contributed by atoms with Gasteiger partial charge in [0.05, 0.1) is 22.7 Å². The fourth-order valence-electron chi connectivity index (χ4n) is 4.03. The number of anilines is 1. The number of hydrogen-bond acceptors (Lipinski definition) is 5. The number of carbonyl (C=O) groups is 1. The van der Waals surface area contributed by atoms with E-state index in [9.17, 15) is 27.2 Å². The van der Waals surface area contributed by atoms with E-state index in [1.54, 1.807) is 36.4 Å². The number of alkyl halides is 3. The topological polar surface area (TPSA) is 85.6 Å². The normalized spacial score (nSPS) is 11.6. The standard InChI is InChI=1S/C30H19BrF4N4O3/c31-21-11-12-26(42-17-27(40)37-23-8-4-7-22(32)15-23)19(14-21)16-36-39-28(18-5-3-6-20(13-18)30(33,34)35)38-25-10-2-1-9-24(25)29(39)41/h1-16H,17H2,(H,37,40). The number of rotatable bonds is 7. The lowest BCUT2D eigenvalue weighted by molar-refractivity contribution is -0.137. The molecule has 0 bridgehead atoms. The maximum Gasteiger partial charge on any atom is 0.416 e. The van der Waals surface area contributed by atoms with Crippen LogP contribution in [0.5, 0.6) is 5.75 Å². The summed E-state index contributed by atoms with van der Waals surface area (Å²) in [7, 11) is 0. The first-order chi connectivity index (χ1) is 20.1. The Hall–Kier alpha value is -4.84. The van der Waals surface area contributed by atoms with Gasteiger partial charge < -0.3 is 10.1 Å². The third kappa shape index (κ3) is 6.55. The summed E-state index contributed by atoms with van der Waals surface area (Å²) in [6.07, 6.45) is -3.33. The number of halogens is 5. The zero-order valence-electron chi connectivity index (χ0n) is 21.4. The molecule has 0 aliphatic rings. The summed E-state index contributed by atoms with van der Waals surface area (Å²) in [6.45, 7) is -0.425. The summed E-state index contributed by atoms with van der Waals surface area (Å²) in [5.74, 6) is -0.942. The van der Waals surface area contributed by atoms with Crippen molar-refractivity contribution in [2.24, 2.45) is 5.10 Å². The van der Waals surface area contributed by atoms with Gasteiger partial charge in [0.15, 0.2) is 12.4 Å². The highest BCUT2D eigenvalue weighted by atomic mass is 79.9. The Labute approximate surface area is 244 Å². The van der Waals surface area contributed by atoms with Crippen LogP contribution in [0.2, 0.25) is 0 Å². The van der Waals surface area contributed by atoms with Crippen molar-refractivity contribution in [2.75, 3.05) is 11.9 Å². The summed E-state index contributed by atoms with van der Waals surface area (Å²) in [5.41, 5.74) is -0.584. The number of benzene rings is 4. The van der Waals surface area contributed by atoms with Crippen LogP contribution in [0.3, 0.4) is 0 Å². The predicted molar refractivity (Wildman–Crippen MR) is 154 cm³/mol. The van der Waals surface area contributed by atoms with Crippen LogP contribution in [0.1, 0.15) is 11.1 Å². The fourth-order valence-corrected chi connectivity index (χ4v) is 4.41. The zero-order valence-corrected chi connectivity index (χ0v) is 23.0. The van der Waals surface area contributed by atoms with Crippen LogP contribution in [0, 0.1) is 5.82 Å². The molecule has 5 aromatic rings. The number of para-hydroxylation sites is 1. The summed E-state index contributed by atoms with van der Waals surface area (Å²) in [6, 6.07) is 21.1. The maximum absolute atomic E-state index is 13.5. The Bertz CT molecular complexity index is 1890. The van der Waals surface area contributed by atoms with Gasteiger partial charge in [-0.25, -0.2) is 9.37 Å². The first-order valence-corrected chi connectivity index (χ1v) is 13.1. The van der Waals surface area contributed by atoms with Crippen LogP contribution < -0.4 is 15.6 Å². The second-order valence-electron chi connectivity index (χ2n) is 8.92. The third-order valence-electron chi connectivity index (χ3n) is 5.95. The highest BCUT2D eigenvalue weighted by molar-refractivity contribution is 9.10. The van der Waals surface area contributed by atoms with Crippen LogP contribution >= 0.6 is 15.9 Å². The predicted octanol–water partition coefficient (Wildman–Crippen LogP) is 6.88. The summed E-state index contributed by atoms with van der Waals surface area (Å²) in [4.78, 5) is 30.3. The molecule has 0 aliphatic carbocycles. The summed E-state index contributed by atoms with van der Waals surface area (Å²) < 4.78 is 61.0. The molecular weight excluding hydrogens is 620 g/mol. The van der Waals surface area contributed by atoms with Crippen LogP contribution in [0.15, 0.2) is 105 Å². The Morgan fingerprint density at radius 2 is 1.79 bits per heavy atom. The smallest absolute Gasteiger partial charge is 0.416 e. The van der Waals surface area contributed by atoms with Crippen LogP contribution in [0.4, 0.5) is 23.2 Å². The second kappa shape index (κ2) is 12.0. The average molecular weight is 639 g/mol. The number of nitrogens with one attached hydrogen (secondary N) is 1. The molecular formula is C30H19BrF4N4O3. The number of ether oxygens (including phenoxy) is 1. The molecule has 0 unspecified atom stereocenters. The van der Waals surface area contributed by atoms with Crippen molar-refractivity contribution in [3.05, 3.63) is 123 Å². The molecule has 0 saturated heterocycles.